The average molecular weight is 273 g/mol. The van der Waals surface area contributed by atoms with Crippen molar-refractivity contribution in [3.8, 4) is 0 Å². The van der Waals surface area contributed by atoms with Gasteiger partial charge in [-0.3, -0.25) is 4.79 Å². The Bertz CT molecular complexity index is 550. The predicted molar refractivity (Wildman–Crippen MR) is 61.2 cm³/mol. The first-order valence-corrected chi connectivity index (χ1v) is 5.24. The van der Waals surface area contributed by atoms with Gasteiger partial charge in [0, 0.05) is 6.07 Å². The second-order valence-electron chi connectivity index (χ2n) is 3.11. The summed E-state index contributed by atoms with van der Waals surface area (Å²) in [7, 11) is 0. The average Bonchev–Trinajstić information content (AvgIpc) is 2.70. The Balaban J connectivity index is 2.24. The van der Waals surface area contributed by atoms with E-state index in [9.17, 15) is 4.79 Å². The van der Waals surface area contributed by atoms with Crippen molar-refractivity contribution >= 4 is 34.8 Å². The molecule has 17 heavy (non-hydrogen) atoms. The van der Waals surface area contributed by atoms with E-state index in [1.54, 1.807) is 6.92 Å². The number of anilines is 1. The maximum Gasteiger partial charge on any atom is 0.278 e. The molecule has 0 unspecified atom stereocenters. The highest BCUT2D eigenvalue weighted by molar-refractivity contribution is 6.38. The molecule has 2 aromatic heterocycles. The summed E-state index contributed by atoms with van der Waals surface area (Å²) in [5.41, 5.74) is 0.264. The Morgan fingerprint density at radius 2 is 2.00 bits per heavy atom. The van der Waals surface area contributed by atoms with Crippen LogP contribution in [0.3, 0.4) is 0 Å². The summed E-state index contributed by atoms with van der Waals surface area (Å²) in [6, 6.07) is 1.49. The third kappa shape index (κ3) is 2.54. The third-order valence-electron chi connectivity index (χ3n) is 1.85. The molecule has 88 valence electrons. The van der Waals surface area contributed by atoms with Crippen molar-refractivity contribution < 1.29 is 9.32 Å². The summed E-state index contributed by atoms with van der Waals surface area (Å²) in [6.45, 7) is 1.68. The van der Waals surface area contributed by atoms with Crippen molar-refractivity contribution in [1.29, 1.82) is 0 Å². The quantitative estimate of drug-likeness (QED) is 0.849. The Morgan fingerprint density at radius 1 is 1.35 bits per heavy atom. The van der Waals surface area contributed by atoms with E-state index in [4.69, 9.17) is 27.7 Å². The Morgan fingerprint density at radius 3 is 2.53 bits per heavy atom. The summed E-state index contributed by atoms with van der Waals surface area (Å²) in [6.07, 6.45) is 1.20. The van der Waals surface area contributed by atoms with Crippen molar-refractivity contribution in [2.75, 3.05) is 5.32 Å². The van der Waals surface area contributed by atoms with Crippen molar-refractivity contribution in [1.82, 2.24) is 15.1 Å². The van der Waals surface area contributed by atoms with Crippen LogP contribution >= 0.6 is 23.2 Å². The molecule has 1 N–H and O–H groups in total. The molecule has 0 saturated carbocycles. The number of hydrogen-bond acceptors (Lipinski definition) is 5. The van der Waals surface area contributed by atoms with E-state index >= 15 is 0 Å². The number of aromatic nitrogens is 3. The fourth-order valence-electron chi connectivity index (χ4n) is 1.10. The fraction of sp³-hybridized carbons (Fsp3) is 0.111. The highest BCUT2D eigenvalue weighted by Crippen LogP contribution is 2.26. The minimum absolute atomic E-state index is 0.0542. The molecular weight excluding hydrogens is 267 g/mol. The van der Waals surface area contributed by atoms with E-state index in [0.717, 1.165) is 0 Å². The number of carbonyl (C=O) groups is 1. The second-order valence-corrected chi connectivity index (χ2v) is 3.82. The molecule has 0 saturated heterocycles. The molecule has 2 aromatic rings. The lowest BCUT2D eigenvalue weighted by atomic mass is 10.3. The molecule has 0 aliphatic rings. The van der Waals surface area contributed by atoms with Crippen LogP contribution in [0.15, 0.2) is 16.9 Å². The number of halogens is 2. The number of nitrogens with one attached hydrogen (secondary N) is 1. The lowest BCUT2D eigenvalue weighted by molar-refractivity contribution is 0.101. The SMILES string of the molecule is Cc1cc(C(=O)Nc2c(Cl)ncnc2Cl)no1. The predicted octanol–water partition coefficient (Wildman–Crippen LogP) is 2.33. The van der Waals surface area contributed by atoms with Crippen LogP contribution in [0.4, 0.5) is 5.69 Å². The number of rotatable bonds is 2. The summed E-state index contributed by atoms with van der Waals surface area (Å²) < 4.78 is 4.78. The van der Waals surface area contributed by atoms with Crippen LogP contribution in [0, 0.1) is 6.92 Å². The van der Waals surface area contributed by atoms with Crippen molar-refractivity contribution in [3.05, 3.63) is 34.2 Å². The molecule has 0 aliphatic heterocycles. The molecular formula is C9H6Cl2N4O2. The number of amides is 1. The fourth-order valence-corrected chi connectivity index (χ4v) is 1.51. The Hall–Kier alpha value is -1.66. The lowest BCUT2D eigenvalue weighted by Crippen LogP contribution is -2.13. The molecule has 0 spiro atoms. The summed E-state index contributed by atoms with van der Waals surface area (Å²) in [4.78, 5) is 19.1. The van der Waals surface area contributed by atoms with Crippen molar-refractivity contribution in [3.63, 3.8) is 0 Å². The van der Waals surface area contributed by atoms with Gasteiger partial charge in [0.1, 0.15) is 17.8 Å². The molecule has 0 aromatic carbocycles. The van der Waals surface area contributed by atoms with Gasteiger partial charge in [0.2, 0.25) is 0 Å². The van der Waals surface area contributed by atoms with Crippen LogP contribution in [0.25, 0.3) is 0 Å². The Labute approximate surface area is 106 Å². The molecule has 0 atom stereocenters. The third-order valence-corrected chi connectivity index (χ3v) is 2.43. The van der Waals surface area contributed by atoms with Gasteiger partial charge in [-0.05, 0) is 6.92 Å². The van der Waals surface area contributed by atoms with E-state index < -0.39 is 5.91 Å². The monoisotopic (exact) mass is 272 g/mol. The maximum atomic E-state index is 11.7. The molecule has 1 amide bonds. The zero-order valence-electron chi connectivity index (χ0n) is 8.57. The normalized spacial score (nSPS) is 10.3. The molecule has 2 heterocycles. The topological polar surface area (TPSA) is 80.9 Å². The molecule has 2 rings (SSSR count). The smallest absolute Gasteiger partial charge is 0.278 e. The van der Waals surface area contributed by atoms with Crippen molar-refractivity contribution in [2.24, 2.45) is 0 Å². The zero-order valence-corrected chi connectivity index (χ0v) is 10.1. The van der Waals surface area contributed by atoms with Crippen LogP contribution in [0.1, 0.15) is 16.2 Å². The Kier molecular flexibility index (Phi) is 3.26. The van der Waals surface area contributed by atoms with E-state index in [-0.39, 0.29) is 21.7 Å². The van der Waals surface area contributed by atoms with Gasteiger partial charge in [-0.1, -0.05) is 28.4 Å². The van der Waals surface area contributed by atoms with Crippen LogP contribution in [-0.2, 0) is 0 Å². The number of nitrogens with zero attached hydrogens (tertiary/aromatic N) is 3. The minimum atomic E-state index is -0.500. The minimum Gasteiger partial charge on any atom is -0.361 e. The number of aryl methyl sites for hydroxylation is 1. The first-order chi connectivity index (χ1) is 8.08. The van der Waals surface area contributed by atoms with Gasteiger partial charge in [-0.2, -0.15) is 0 Å². The van der Waals surface area contributed by atoms with Gasteiger partial charge in [0.15, 0.2) is 16.0 Å². The maximum absolute atomic E-state index is 11.7. The molecule has 6 nitrogen and oxygen atoms in total. The summed E-state index contributed by atoms with van der Waals surface area (Å²) >= 11 is 11.5. The van der Waals surface area contributed by atoms with E-state index in [1.807, 2.05) is 0 Å². The number of carbonyl (C=O) groups excluding carboxylic acids is 1. The van der Waals surface area contributed by atoms with E-state index in [2.05, 4.69) is 20.4 Å². The summed E-state index contributed by atoms with van der Waals surface area (Å²) in [5, 5.41) is 6.12. The second kappa shape index (κ2) is 4.68. The molecule has 0 fully saturated rings. The van der Waals surface area contributed by atoms with Crippen molar-refractivity contribution in [2.45, 2.75) is 6.92 Å². The van der Waals surface area contributed by atoms with Crippen LogP contribution in [0.5, 0.6) is 0 Å². The lowest BCUT2D eigenvalue weighted by Gasteiger charge is -2.05. The first-order valence-electron chi connectivity index (χ1n) is 4.48. The van der Waals surface area contributed by atoms with Gasteiger partial charge in [0.25, 0.3) is 5.91 Å². The van der Waals surface area contributed by atoms with Gasteiger partial charge in [0.05, 0.1) is 0 Å². The molecule has 0 aliphatic carbocycles. The largest absolute Gasteiger partial charge is 0.361 e. The van der Waals surface area contributed by atoms with Crippen LogP contribution in [0.2, 0.25) is 10.3 Å². The molecule has 8 heteroatoms. The standard InChI is InChI=1S/C9H6Cl2N4O2/c1-4-2-5(15-17-4)9(16)14-6-7(10)12-3-13-8(6)11/h2-3H,1H3,(H,14,16). The highest BCUT2D eigenvalue weighted by Gasteiger charge is 2.15. The van der Waals surface area contributed by atoms with Crippen LogP contribution in [-0.4, -0.2) is 21.0 Å². The van der Waals surface area contributed by atoms with Gasteiger partial charge < -0.3 is 9.84 Å². The molecule has 0 radical (unpaired) electrons. The van der Waals surface area contributed by atoms with Gasteiger partial charge in [-0.25, -0.2) is 9.97 Å². The highest BCUT2D eigenvalue weighted by atomic mass is 35.5. The van der Waals surface area contributed by atoms with Crippen LogP contribution < -0.4 is 5.32 Å². The van der Waals surface area contributed by atoms with E-state index in [1.165, 1.54) is 12.4 Å². The van der Waals surface area contributed by atoms with Gasteiger partial charge in [-0.15, -0.1) is 0 Å². The van der Waals surface area contributed by atoms with E-state index in [0.29, 0.717) is 5.76 Å². The molecule has 0 bridgehead atoms. The number of hydrogen-bond donors (Lipinski definition) is 1. The first kappa shape index (κ1) is 11.8. The summed E-state index contributed by atoms with van der Waals surface area (Å²) in [5.74, 6) is 0.0251. The zero-order chi connectivity index (χ0) is 12.4. The van der Waals surface area contributed by atoms with Gasteiger partial charge >= 0.3 is 0 Å².